The quantitative estimate of drug-likeness (QED) is 0.830. The number of rotatable bonds is 6. The van der Waals surface area contributed by atoms with Crippen molar-refractivity contribution in [2.24, 2.45) is 5.41 Å². The van der Waals surface area contributed by atoms with Crippen LogP contribution in [0.4, 0.5) is 5.69 Å². The van der Waals surface area contributed by atoms with Crippen molar-refractivity contribution in [3.05, 3.63) is 28.7 Å². The molecule has 0 atom stereocenters. The highest BCUT2D eigenvalue weighted by Gasteiger charge is 2.30. The molecule has 1 aromatic rings. The van der Waals surface area contributed by atoms with Crippen LogP contribution in [0.1, 0.15) is 33.6 Å². The molecule has 20 heavy (non-hydrogen) atoms. The molecule has 0 aliphatic carbocycles. The Kier molecular flexibility index (Phi) is 5.07. The number of amides is 1. The number of carbonyl (C=O) groups excluding carboxylic acids is 1. The van der Waals surface area contributed by atoms with Crippen LogP contribution < -0.4 is 10.9 Å². The minimum Gasteiger partial charge on any atom is -0.481 e. The summed E-state index contributed by atoms with van der Waals surface area (Å²) in [7, 11) is 0. The average Bonchev–Trinajstić information content (AvgIpc) is 2.32. The van der Waals surface area contributed by atoms with Gasteiger partial charge in [-0.3, -0.25) is 14.4 Å². The summed E-state index contributed by atoms with van der Waals surface area (Å²) in [5.41, 5.74) is -0.762. The van der Waals surface area contributed by atoms with Crippen LogP contribution in [0.5, 0.6) is 0 Å². The van der Waals surface area contributed by atoms with Crippen LogP contribution in [0.3, 0.4) is 0 Å². The summed E-state index contributed by atoms with van der Waals surface area (Å²) in [6, 6.07) is 2.90. The third-order valence-corrected chi connectivity index (χ3v) is 2.91. The number of pyridine rings is 1. The Balaban J connectivity index is 2.79. The molecular formula is C14H20N2O4. The van der Waals surface area contributed by atoms with Gasteiger partial charge in [-0.15, -0.1) is 0 Å². The first-order chi connectivity index (χ1) is 9.26. The molecule has 0 saturated carbocycles. The number of nitrogens with one attached hydrogen (secondary N) is 1. The number of carbonyl (C=O) groups is 2. The fourth-order valence-electron chi connectivity index (χ4n) is 1.70. The molecule has 1 heterocycles. The maximum Gasteiger partial charge on any atom is 0.309 e. The molecular weight excluding hydrogens is 260 g/mol. The van der Waals surface area contributed by atoms with Crippen molar-refractivity contribution in [1.82, 2.24) is 4.57 Å². The molecule has 6 nitrogen and oxygen atoms in total. The Bertz CT molecular complexity index is 561. The zero-order valence-electron chi connectivity index (χ0n) is 12.0. The van der Waals surface area contributed by atoms with E-state index in [0.29, 0.717) is 12.2 Å². The van der Waals surface area contributed by atoms with Crippen LogP contribution in [-0.2, 0) is 16.1 Å². The van der Waals surface area contributed by atoms with Gasteiger partial charge in [0.1, 0.15) is 0 Å². The molecule has 1 rings (SSSR count). The van der Waals surface area contributed by atoms with Crippen LogP contribution in [0.25, 0.3) is 0 Å². The first-order valence-corrected chi connectivity index (χ1v) is 6.50. The molecule has 0 aromatic carbocycles. The molecule has 0 radical (unpaired) electrons. The van der Waals surface area contributed by atoms with E-state index in [2.05, 4.69) is 5.32 Å². The number of aryl methyl sites for hydroxylation is 1. The van der Waals surface area contributed by atoms with E-state index in [9.17, 15) is 14.4 Å². The summed E-state index contributed by atoms with van der Waals surface area (Å²) < 4.78 is 1.51. The Morgan fingerprint density at radius 3 is 2.55 bits per heavy atom. The Hall–Kier alpha value is -2.11. The standard InChI is InChI=1S/C14H20N2O4/c1-4-7-16-9-10(5-6-12(16)18)15-11(17)8-14(2,3)13(19)20/h5-6,9H,4,7-8H2,1-3H3,(H,15,17)(H,19,20). The van der Waals surface area contributed by atoms with E-state index < -0.39 is 11.4 Å². The van der Waals surface area contributed by atoms with Gasteiger partial charge in [-0.1, -0.05) is 6.92 Å². The van der Waals surface area contributed by atoms with Crippen LogP contribution in [-0.4, -0.2) is 21.6 Å². The van der Waals surface area contributed by atoms with Gasteiger partial charge in [0.25, 0.3) is 5.56 Å². The molecule has 0 unspecified atom stereocenters. The summed E-state index contributed by atoms with van der Waals surface area (Å²) in [4.78, 5) is 34.3. The van der Waals surface area contributed by atoms with Crippen molar-refractivity contribution in [3.8, 4) is 0 Å². The molecule has 2 N–H and O–H groups in total. The lowest BCUT2D eigenvalue weighted by Gasteiger charge is -2.18. The van der Waals surface area contributed by atoms with E-state index in [1.807, 2.05) is 6.92 Å². The smallest absolute Gasteiger partial charge is 0.309 e. The highest BCUT2D eigenvalue weighted by atomic mass is 16.4. The van der Waals surface area contributed by atoms with Crippen LogP contribution >= 0.6 is 0 Å². The van der Waals surface area contributed by atoms with E-state index in [1.165, 1.54) is 30.5 Å². The van der Waals surface area contributed by atoms with Gasteiger partial charge < -0.3 is 15.0 Å². The molecule has 1 aromatic heterocycles. The zero-order valence-corrected chi connectivity index (χ0v) is 12.0. The average molecular weight is 280 g/mol. The van der Waals surface area contributed by atoms with Gasteiger partial charge in [0.05, 0.1) is 11.1 Å². The SMILES string of the molecule is CCCn1cc(NC(=O)CC(C)(C)C(=O)O)ccc1=O. The molecule has 0 aliphatic rings. The fraction of sp³-hybridized carbons (Fsp3) is 0.500. The highest BCUT2D eigenvalue weighted by molar-refractivity contribution is 5.93. The number of carboxylic acid groups (broad SMARTS) is 1. The van der Waals surface area contributed by atoms with Gasteiger partial charge in [-0.05, 0) is 26.3 Å². The number of carboxylic acids is 1. The summed E-state index contributed by atoms with van der Waals surface area (Å²) in [6.45, 7) is 5.51. The predicted molar refractivity (Wildman–Crippen MR) is 75.7 cm³/mol. The minimum absolute atomic E-state index is 0.129. The molecule has 110 valence electrons. The number of aromatic nitrogens is 1. The third-order valence-electron chi connectivity index (χ3n) is 2.91. The second kappa shape index (κ2) is 6.36. The van der Waals surface area contributed by atoms with Gasteiger partial charge in [0.2, 0.25) is 5.91 Å². The lowest BCUT2D eigenvalue weighted by Crippen LogP contribution is -2.30. The maximum absolute atomic E-state index is 11.8. The van der Waals surface area contributed by atoms with E-state index in [0.717, 1.165) is 6.42 Å². The highest BCUT2D eigenvalue weighted by Crippen LogP contribution is 2.21. The number of nitrogens with zero attached hydrogens (tertiary/aromatic N) is 1. The van der Waals surface area contributed by atoms with Gasteiger partial charge in [0, 0.05) is 25.2 Å². The third kappa shape index (κ3) is 4.22. The normalized spacial score (nSPS) is 11.2. The number of hydrogen-bond donors (Lipinski definition) is 2. The van der Waals surface area contributed by atoms with Crippen molar-refractivity contribution < 1.29 is 14.7 Å². The first-order valence-electron chi connectivity index (χ1n) is 6.50. The fourth-order valence-corrected chi connectivity index (χ4v) is 1.70. The number of hydrogen-bond acceptors (Lipinski definition) is 3. The largest absolute Gasteiger partial charge is 0.481 e. The first kappa shape index (κ1) is 15.9. The van der Waals surface area contributed by atoms with E-state index in [-0.39, 0.29) is 17.9 Å². The van der Waals surface area contributed by atoms with Crippen molar-refractivity contribution in [1.29, 1.82) is 0 Å². The zero-order chi connectivity index (χ0) is 15.3. The van der Waals surface area contributed by atoms with Crippen LogP contribution in [0.2, 0.25) is 0 Å². The minimum atomic E-state index is -1.12. The molecule has 0 spiro atoms. The molecule has 1 amide bonds. The van der Waals surface area contributed by atoms with E-state index >= 15 is 0 Å². The van der Waals surface area contributed by atoms with Gasteiger partial charge in [-0.25, -0.2) is 0 Å². The van der Waals surface area contributed by atoms with E-state index in [4.69, 9.17) is 5.11 Å². The lowest BCUT2D eigenvalue weighted by molar-refractivity contribution is -0.148. The summed E-state index contributed by atoms with van der Waals surface area (Å²) in [6.07, 6.45) is 2.25. The number of anilines is 1. The lowest BCUT2D eigenvalue weighted by atomic mass is 9.89. The second-order valence-corrected chi connectivity index (χ2v) is 5.36. The van der Waals surface area contributed by atoms with Gasteiger partial charge in [-0.2, -0.15) is 0 Å². The Morgan fingerprint density at radius 1 is 1.35 bits per heavy atom. The van der Waals surface area contributed by atoms with Crippen LogP contribution in [0.15, 0.2) is 23.1 Å². The van der Waals surface area contributed by atoms with Crippen LogP contribution in [0, 0.1) is 5.41 Å². The van der Waals surface area contributed by atoms with Gasteiger partial charge >= 0.3 is 5.97 Å². The van der Waals surface area contributed by atoms with Gasteiger partial charge in [0.15, 0.2) is 0 Å². The Labute approximate surface area is 117 Å². The predicted octanol–water partition coefficient (Wildman–Crippen LogP) is 1.70. The monoisotopic (exact) mass is 280 g/mol. The second-order valence-electron chi connectivity index (χ2n) is 5.36. The summed E-state index contributed by atoms with van der Waals surface area (Å²) >= 11 is 0. The van der Waals surface area contributed by atoms with Crippen molar-refractivity contribution in [2.75, 3.05) is 5.32 Å². The van der Waals surface area contributed by atoms with Crippen molar-refractivity contribution >= 4 is 17.6 Å². The number of aliphatic carboxylic acids is 1. The molecule has 0 aliphatic heterocycles. The summed E-state index contributed by atoms with van der Waals surface area (Å²) in [5, 5.41) is 11.6. The summed E-state index contributed by atoms with van der Waals surface area (Å²) in [5.74, 6) is -1.41. The molecule has 0 bridgehead atoms. The molecule has 0 fully saturated rings. The Morgan fingerprint density at radius 2 is 2.00 bits per heavy atom. The maximum atomic E-state index is 11.8. The van der Waals surface area contributed by atoms with Crippen molar-refractivity contribution in [2.45, 2.75) is 40.2 Å². The molecule has 0 saturated heterocycles. The van der Waals surface area contributed by atoms with E-state index in [1.54, 1.807) is 6.20 Å². The van der Waals surface area contributed by atoms with Crippen molar-refractivity contribution in [3.63, 3.8) is 0 Å². The molecule has 6 heteroatoms. The topological polar surface area (TPSA) is 88.4 Å².